The van der Waals surface area contributed by atoms with E-state index in [2.05, 4.69) is 20.8 Å². The molecule has 2 heteroatoms. The van der Waals surface area contributed by atoms with Gasteiger partial charge in [0.25, 0.3) is 0 Å². The standard InChI is InChI=1S/C8H13NO/c1-8(2,3)6-4-7(9)10-5-6/h4-5H,9H2,1-3H3. The lowest BCUT2D eigenvalue weighted by Gasteiger charge is -2.14. The quantitative estimate of drug-likeness (QED) is 0.598. The van der Waals surface area contributed by atoms with E-state index < -0.39 is 0 Å². The van der Waals surface area contributed by atoms with Crippen LogP contribution < -0.4 is 5.73 Å². The fraction of sp³-hybridized carbons (Fsp3) is 0.500. The second kappa shape index (κ2) is 2.04. The van der Waals surface area contributed by atoms with Crippen molar-refractivity contribution in [2.75, 3.05) is 5.73 Å². The van der Waals surface area contributed by atoms with Crippen molar-refractivity contribution in [2.24, 2.45) is 0 Å². The fourth-order valence-electron chi connectivity index (χ4n) is 0.746. The van der Waals surface area contributed by atoms with Gasteiger partial charge in [-0.15, -0.1) is 0 Å². The van der Waals surface area contributed by atoms with Crippen LogP contribution in [0.5, 0.6) is 0 Å². The summed E-state index contributed by atoms with van der Waals surface area (Å²) in [5, 5.41) is 0. The van der Waals surface area contributed by atoms with Gasteiger partial charge >= 0.3 is 0 Å². The Hall–Kier alpha value is -0.920. The Morgan fingerprint density at radius 1 is 1.40 bits per heavy atom. The van der Waals surface area contributed by atoms with E-state index in [1.165, 1.54) is 0 Å². The molecule has 1 heterocycles. The van der Waals surface area contributed by atoms with Crippen molar-refractivity contribution in [2.45, 2.75) is 26.2 Å². The minimum atomic E-state index is 0.140. The fourth-order valence-corrected chi connectivity index (χ4v) is 0.746. The van der Waals surface area contributed by atoms with Crippen LogP contribution in [-0.2, 0) is 5.41 Å². The number of nitrogens with two attached hydrogens (primary N) is 1. The normalized spacial score (nSPS) is 11.9. The largest absolute Gasteiger partial charge is 0.449 e. The molecule has 0 unspecified atom stereocenters. The summed E-state index contributed by atoms with van der Waals surface area (Å²) >= 11 is 0. The Morgan fingerprint density at radius 2 is 2.00 bits per heavy atom. The molecule has 0 aliphatic carbocycles. The van der Waals surface area contributed by atoms with Crippen molar-refractivity contribution in [3.8, 4) is 0 Å². The smallest absolute Gasteiger partial charge is 0.190 e. The summed E-state index contributed by atoms with van der Waals surface area (Å²) in [7, 11) is 0. The third-order valence-electron chi connectivity index (χ3n) is 1.49. The molecule has 10 heavy (non-hydrogen) atoms. The van der Waals surface area contributed by atoms with E-state index in [-0.39, 0.29) is 5.41 Å². The molecule has 1 rings (SSSR count). The van der Waals surface area contributed by atoms with Crippen LogP contribution in [0.2, 0.25) is 0 Å². The zero-order chi connectivity index (χ0) is 7.78. The maximum absolute atomic E-state index is 5.41. The van der Waals surface area contributed by atoms with Crippen LogP contribution in [0.1, 0.15) is 26.3 Å². The predicted octanol–water partition coefficient (Wildman–Crippen LogP) is 2.16. The lowest BCUT2D eigenvalue weighted by molar-refractivity contribution is 0.547. The Balaban J connectivity index is 2.96. The van der Waals surface area contributed by atoms with Crippen molar-refractivity contribution in [1.29, 1.82) is 0 Å². The Kier molecular flexibility index (Phi) is 1.47. The van der Waals surface area contributed by atoms with Crippen molar-refractivity contribution in [1.82, 2.24) is 0 Å². The van der Waals surface area contributed by atoms with Crippen molar-refractivity contribution < 1.29 is 4.42 Å². The SMILES string of the molecule is CC(C)(C)c1coc(N)c1. The highest BCUT2D eigenvalue weighted by atomic mass is 16.3. The van der Waals surface area contributed by atoms with Gasteiger partial charge in [-0.1, -0.05) is 20.8 Å². The second-order valence-corrected chi connectivity index (χ2v) is 3.49. The number of nitrogen functional groups attached to an aromatic ring is 1. The van der Waals surface area contributed by atoms with Gasteiger partial charge in [-0.2, -0.15) is 0 Å². The maximum Gasteiger partial charge on any atom is 0.190 e. The molecule has 2 N–H and O–H groups in total. The molecule has 56 valence electrons. The molecule has 1 aromatic rings. The first-order valence-corrected chi connectivity index (χ1v) is 3.34. The van der Waals surface area contributed by atoms with Gasteiger partial charge in [-0.3, -0.25) is 0 Å². The van der Waals surface area contributed by atoms with Gasteiger partial charge in [0, 0.05) is 6.07 Å². The molecule has 0 atom stereocenters. The van der Waals surface area contributed by atoms with E-state index in [0.717, 1.165) is 5.56 Å². The number of hydrogen-bond donors (Lipinski definition) is 1. The molecule has 0 saturated heterocycles. The Bertz CT molecular complexity index is 219. The zero-order valence-electron chi connectivity index (χ0n) is 6.64. The molecule has 0 aliphatic heterocycles. The predicted molar refractivity (Wildman–Crippen MR) is 41.8 cm³/mol. The molecule has 0 radical (unpaired) electrons. The van der Waals surface area contributed by atoms with Crippen LogP contribution >= 0.6 is 0 Å². The highest BCUT2D eigenvalue weighted by Gasteiger charge is 2.15. The average Bonchev–Trinajstić information content (AvgIpc) is 2.11. The van der Waals surface area contributed by atoms with Crippen molar-refractivity contribution in [3.63, 3.8) is 0 Å². The molecule has 0 saturated carbocycles. The van der Waals surface area contributed by atoms with E-state index in [1.54, 1.807) is 6.26 Å². The average molecular weight is 139 g/mol. The van der Waals surface area contributed by atoms with Crippen molar-refractivity contribution >= 4 is 5.88 Å². The molecular formula is C8H13NO. The molecule has 0 spiro atoms. The topological polar surface area (TPSA) is 39.2 Å². The summed E-state index contributed by atoms with van der Waals surface area (Å²) in [5.41, 5.74) is 6.69. The summed E-state index contributed by atoms with van der Waals surface area (Å²) < 4.78 is 4.97. The molecule has 1 aromatic heterocycles. The molecule has 0 aliphatic rings. The molecule has 0 aromatic carbocycles. The van der Waals surface area contributed by atoms with E-state index in [1.807, 2.05) is 6.07 Å². The highest BCUT2D eigenvalue weighted by molar-refractivity contribution is 5.32. The Labute approximate surface area is 61.0 Å². The summed E-state index contributed by atoms with van der Waals surface area (Å²) in [4.78, 5) is 0. The molecular weight excluding hydrogens is 126 g/mol. The van der Waals surface area contributed by atoms with Gasteiger partial charge in [-0.05, 0) is 11.0 Å². The lowest BCUT2D eigenvalue weighted by Crippen LogP contribution is -2.08. The second-order valence-electron chi connectivity index (χ2n) is 3.49. The first kappa shape index (κ1) is 7.19. The molecule has 2 nitrogen and oxygen atoms in total. The molecule has 0 bridgehead atoms. The first-order chi connectivity index (χ1) is 4.50. The minimum absolute atomic E-state index is 0.140. The Morgan fingerprint density at radius 3 is 2.20 bits per heavy atom. The van der Waals surface area contributed by atoms with E-state index in [4.69, 9.17) is 10.2 Å². The van der Waals surface area contributed by atoms with E-state index in [9.17, 15) is 0 Å². The number of hydrogen-bond acceptors (Lipinski definition) is 2. The summed E-state index contributed by atoms with van der Waals surface area (Å²) in [5.74, 6) is 0.491. The van der Waals surface area contributed by atoms with Crippen LogP contribution in [0.15, 0.2) is 16.7 Å². The van der Waals surface area contributed by atoms with Gasteiger partial charge < -0.3 is 10.2 Å². The van der Waals surface area contributed by atoms with Crippen molar-refractivity contribution in [3.05, 3.63) is 17.9 Å². The van der Waals surface area contributed by atoms with Crippen LogP contribution in [0.25, 0.3) is 0 Å². The highest BCUT2D eigenvalue weighted by Crippen LogP contribution is 2.24. The number of rotatable bonds is 0. The van der Waals surface area contributed by atoms with Crippen LogP contribution in [0, 0.1) is 0 Å². The third-order valence-corrected chi connectivity index (χ3v) is 1.49. The molecule has 0 fully saturated rings. The van der Waals surface area contributed by atoms with Crippen LogP contribution in [-0.4, -0.2) is 0 Å². The van der Waals surface area contributed by atoms with Gasteiger partial charge in [0.05, 0.1) is 6.26 Å². The van der Waals surface area contributed by atoms with Crippen LogP contribution in [0.4, 0.5) is 5.88 Å². The minimum Gasteiger partial charge on any atom is -0.449 e. The third kappa shape index (κ3) is 1.32. The van der Waals surface area contributed by atoms with Gasteiger partial charge in [0.15, 0.2) is 5.88 Å². The van der Waals surface area contributed by atoms with Crippen LogP contribution in [0.3, 0.4) is 0 Å². The summed E-state index contributed by atoms with van der Waals surface area (Å²) in [6, 6.07) is 1.86. The van der Waals surface area contributed by atoms with Gasteiger partial charge in [0.1, 0.15) is 0 Å². The maximum atomic E-state index is 5.41. The van der Waals surface area contributed by atoms with E-state index in [0.29, 0.717) is 5.88 Å². The summed E-state index contributed by atoms with van der Waals surface area (Å²) in [6.07, 6.45) is 1.70. The number of furan rings is 1. The first-order valence-electron chi connectivity index (χ1n) is 3.34. The lowest BCUT2D eigenvalue weighted by atomic mass is 9.89. The van der Waals surface area contributed by atoms with E-state index >= 15 is 0 Å². The molecule has 0 amide bonds. The summed E-state index contributed by atoms with van der Waals surface area (Å²) in [6.45, 7) is 6.37. The van der Waals surface area contributed by atoms with Gasteiger partial charge in [0.2, 0.25) is 0 Å². The number of anilines is 1. The monoisotopic (exact) mass is 139 g/mol. The van der Waals surface area contributed by atoms with Gasteiger partial charge in [-0.25, -0.2) is 0 Å². The zero-order valence-corrected chi connectivity index (χ0v) is 6.64.